The van der Waals surface area contributed by atoms with E-state index in [1.807, 2.05) is 19.1 Å². The van der Waals surface area contributed by atoms with Crippen molar-refractivity contribution in [2.24, 2.45) is 7.05 Å². The molecule has 28 heavy (non-hydrogen) atoms. The molecule has 0 radical (unpaired) electrons. The van der Waals surface area contributed by atoms with Crippen molar-refractivity contribution in [2.45, 2.75) is 40.7 Å². The van der Waals surface area contributed by atoms with Crippen LogP contribution in [-0.2, 0) is 11.8 Å². The van der Waals surface area contributed by atoms with Gasteiger partial charge in [0.15, 0.2) is 5.78 Å². The maximum Gasteiger partial charge on any atom is 0.355 e. The van der Waals surface area contributed by atoms with Gasteiger partial charge in [0, 0.05) is 30.9 Å². The number of carbonyl (C=O) groups is 3. The van der Waals surface area contributed by atoms with E-state index in [1.54, 1.807) is 58.5 Å². The molecule has 0 saturated heterocycles. The van der Waals surface area contributed by atoms with Crippen molar-refractivity contribution in [2.75, 3.05) is 13.7 Å². The van der Waals surface area contributed by atoms with Gasteiger partial charge in [0.1, 0.15) is 5.69 Å². The Morgan fingerprint density at radius 3 is 2.21 bits per heavy atom. The zero-order chi connectivity index (χ0) is 21.2. The lowest BCUT2D eigenvalue weighted by Gasteiger charge is -2.24. The number of nitrogens with zero attached hydrogens (tertiary/aromatic N) is 2. The SMILES string of the molecule is CCOC(=O)c1c(C)c(C(=O)C(C)N(C)C(=O)c2ccc(C)cc2)c(C)n1C. The molecule has 0 aliphatic heterocycles. The quantitative estimate of drug-likeness (QED) is 0.565. The normalized spacial score (nSPS) is 11.8. The molecular weight excluding hydrogens is 356 g/mol. The summed E-state index contributed by atoms with van der Waals surface area (Å²) in [6.07, 6.45) is 0. The third-order valence-corrected chi connectivity index (χ3v) is 5.22. The third-order valence-electron chi connectivity index (χ3n) is 5.22. The maximum absolute atomic E-state index is 13.2. The van der Waals surface area contributed by atoms with E-state index in [9.17, 15) is 14.4 Å². The molecule has 2 aromatic rings. The zero-order valence-corrected chi connectivity index (χ0v) is 17.6. The van der Waals surface area contributed by atoms with Gasteiger partial charge in [0.25, 0.3) is 5.91 Å². The molecule has 0 spiro atoms. The first kappa shape index (κ1) is 21.4. The van der Waals surface area contributed by atoms with Gasteiger partial charge in [-0.1, -0.05) is 17.7 Å². The Morgan fingerprint density at radius 2 is 1.68 bits per heavy atom. The van der Waals surface area contributed by atoms with Crippen LogP contribution in [0.2, 0.25) is 0 Å². The molecule has 0 saturated carbocycles. The zero-order valence-electron chi connectivity index (χ0n) is 17.6. The lowest BCUT2D eigenvalue weighted by molar-refractivity contribution is 0.0514. The summed E-state index contributed by atoms with van der Waals surface area (Å²) in [4.78, 5) is 39.7. The van der Waals surface area contributed by atoms with Gasteiger partial charge in [0.2, 0.25) is 0 Å². The summed E-state index contributed by atoms with van der Waals surface area (Å²) in [5.41, 5.74) is 3.66. The van der Waals surface area contributed by atoms with Crippen molar-refractivity contribution in [3.8, 4) is 0 Å². The molecule has 0 fully saturated rings. The second kappa shape index (κ2) is 8.42. The summed E-state index contributed by atoms with van der Waals surface area (Å²) < 4.78 is 6.79. The van der Waals surface area contributed by atoms with E-state index >= 15 is 0 Å². The number of amides is 1. The average molecular weight is 384 g/mol. The van der Waals surface area contributed by atoms with E-state index in [4.69, 9.17) is 4.74 Å². The fourth-order valence-corrected chi connectivity index (χ4v) is 3.29. The average Bonchev–Trinajstić information content (AvgIpc) is 2.89. The number of rotatable bonds is 6. The van der Waals surface area contributed by atoms with Crippen LogP contribution in [0.1, 0.15) is 61.9 Å². The summed E-state index contributed by atoms with van der Waals surface area (Å²) in [5, 5.41) is 0. The van der Waals surface area contributed by atoms with Crippen LogP contribution in [0.4, 0.5) is 0 Å². The highest BCUT2D eigenvalue weighted by Gasteiger charge is 2.31. The smallest absolute Gasteiger partial charge is 0.355 e. The van der Waals surface area contributed by atoms with Gasteiger partial charge >= 0.3 is 5.97 Å². The van der Waals surface area contributed by atoms with E-state index in [0.29, 0.717) is 28.1 Å². The highest BCUT2D eigenvalue weighted by Crippen LogP contribution is 2.25. The molecule has 0 aliphatic rings. The minimum atomic E-state index is -0.677. The van der Waals surface area contributed by atoms with Gasteiger partial charge in [-0.15, -0.1) is 0 Å². The minimum absolute atomic E-state index is 0.205. The summed E-state index contributed by atoms with van der Waals surface area (Å²) >= 11 is 0. The number of ether oxygens (including phenoxy) is 1. The Bertz CT molecular complexity index is 910. The number of esters is 1. The largest absolute Gasteiger partial charge is 0.461 e. The molecule has 1 heterocycles. The van der Waals surface area contributed by atoms with Crippen LogP contribution in [0.15, 0.2) is 24.3 Å². The van der Waals surface area contributed by atoms with Crippen LogP contribution < -0.4 is 0 Å². The Labute approximate surface area is 166 Å². The molecule has 0 aliphatic carbocycles. The number of likely N-dealkylation sites (N-methyl/N-ethyl adjacent to an activating group) is 1. The van der Waals surface area contributed by atoms with Crippen molar-refractivity contribution < 1.29 is 19.1 Å². The van der Waals surface area contributed by atoms with Gasteiger partial charge in [-0.05, 0) is 52.3 Å². The highest BCUT2D eigenvalue weighted by molar-refractivity contribution is 6.07. The van der Waals surface area contributed by atoms with Crippen LogP contribution >= 0.6 is 0 Å². The highest BCUT2D eigenvalue weighted by atomic mass is 16.5. The molecule has 0 N–H and O–H groups in total. The van der Waals surface area contributed by atoms with Gasteiger partial charge in [-0.2, -0.15) is 0 Å². The Morgan fingerprint density at radius 1 is 1.11 bits per heavy atom. The van der Waals surface area contributed by atoms with Crippen LogP contribution in [0, 0.1) is 20.8 Å². The van der Waals surface area contributed by atoms with E-state index in [2.05, 4.69) is 0 Å². The molecule has 6 nitrogen and oxygen atoms in total. The number of benzene rings is 1. The van der Waals surface area contributed by atoms with Gasteiger partial charge in [-0.3, -0.25) is 9.59 Å². The summed E-state index contributed by atoms with van der Waals surface area (Å²) in [5.74, 6) is -0.886. The molecule has 1 aromatic heterocycles. The third kappa shape index (κ3) is 3.86. The molecule has 6 heteroatoms. The summed E-state index contributed by atoms with van der Waals surface area (Å²) in [7, 11) is 3.35. The fourth-order valence-electron chi connectivity index (χ4n) is 3.29. The molecule has 0 bridgehead atoms. The maximum atomic E-state index is 13.2. The Hall–Kier alpha value is -2.89. The second-order valence-corrected chi connectivity index (χ2v) is 7.04. The van der Waals surface area contributed by atoms with Gasteiger partial charge in [-0.25, -0.2) is 4.79 Å². The Kier molecular flexibility index (Phi) is 6.44. The molecule has 1 unspecified atom stereocenters. The van der Waals surface area contributed by atoms with Crippen LogP contribution in [-0.4, -0.2) is 46.8 Å². The number of aryl methyl sites for hydroxylation is 1. The number of ketones is 1. The molecule has 150 valence electrons. The van der Waals surface area contributed by atoms with E-state index in [-0.39, 0.29) is 18.3 Å². The number of carbonyl (C=O) groups excluding carboxylic acids is 3. The number of hydrogen-bond donors (Lipinski definition) is 0. The predicted molar refractivity (Wildman–Crippen MR) is 108 cm³/mol. The first-order chi connectivity index (χ1) is 13.1. The Balaban J connectivity index is 2.34. The van der Waals surface area contributed by atoms with Crippen molar-refractivity contribution in [3.05, 3.63) is 57.9 Å². The van der Waals surface area contributed by atoms with Gasteiger partial charge < -0.3 is 14.2 Å². The lowest BCUT2D eigenvalue weighted by Crippen LogP contribution is -2.40. The minimum Gasteiger partial charge on any atom is -0.461 e. The van der Waals surface area contributed by atoms with Crippen molar-refractivity contribution >= 4 is 17.7 Å². The van der Waals surface area contributed by atoms with Gasteiger partial charge in [0.05, 0.1) is 12.6 Å². The van der Waals surface area contributed by atoms with E-state index in [1.165, 1.54) is 4.90 Å². The number of Topliss-reactive ketones (excluding diaryl/α,β-unsaturated/α-hetero) is 1. The standard InChI is InChI=1S/C22H28N2O4/c1-8-28-22(27)19-14(3)18(15(4)23(19)6)20(25)16(5)24(7)21(26)17-11-9-13(2)10-12-17/h9-12,16H,8H2,1-7H3. The second-order valence-electron chi connectivity index (χ2n) is 7.04. The number of aromatic nitrogens is 1. The van der Waals surface area contributed by atoms with E-state index < -0.39 is 12.0 Å². The topological polar surface area (TPSA) is 68.6 Å². The molecule has 1 atom stereocenters. The molecule has 1 aromatic carbocycles. The van der Waals surface area contributed by atoms with Crippen LogP contribution in [0.3, 0.4) is 0 Å². The fraction of sp³-hybridized carbons (Fsp3) is 0.409. The molecular formula is C22H28N2O4. The van der Waals surface area contributed by atoms with Crippen molar-refractivity contribution in [1.82, 2.24) is 9.47 Å². The number of hydrogen-bond acceptors (Lipinski definition) is 4. The molecule has 2 rings (SSSR count). The van der Waals surface area contributed by atoms with Crippen molar-refractivity contribution in [1.29, 1.82) is 0 Å². The lowest BCUT2D eigenvalue weighted by atomic mass is 9.99. The first-order valence-corrected chi connectivity index (χ1v) is 9.32. The first-order valence-electron chi connectivity index (χ1n) is 9.32. The van der Waals surface area contributed by atoms with Crippen molar-refractivity contribution in [3.63, 3.8) is 0 Å². The predicted octanol–water partition coefficient (Wildman–Crippen LogP) is 3.47. The van der Waals surface area contributed by atoms with Crippen LogP contribution in [0.25, 0.3) is 0 Å². The summed E-state index contributed by atoms with van der Waals surface area (Å²) in [6.45, 7) is 9.17. The van der Waals surface area contributed by atoms with Crippen LogP contribution in [0.5, 0.6) is 0 Å². The summed E-state index contributed by atoms with van der Waals surface area (Å²) in [6, 6.07) is 6.56. The molecule has 1 amide bonds. The van der Waals surface area contributed by atoms with E-state index in [0.717, 1.165) is 5.56 Å². The monoisotopic (exact) mass is 384 g/mol.